The van der Waals surface area contributed by atoms with Crippen LogP contribution in [0.2, 0.25) is 0 Å². The smallest absolute Gasteiger partial charge is 0.180 e. The minimum absolute atomic E-state index is 0.00877. The van der Waals surface area contributed by atoms with E-state index in [1.165, 1.54) is 18.2 Å². The monoisotopic (exact) mass is 350 g/mol. The molecule has 0 amide bonds. The molecule has 0 radical (unpaired) electrons. The molecule has 1 heterocycles. The molecule has 0 unspecified atom stereocenters. The third-order valence-corrected chi connectivity index (χ3v) is 3.67. The fraction of sp³-hybridized carbons (Fsp3) is 0. The van der Waals surface area contributed by atoms with Crippen molar-refractivity contribution in [3.8, 4) is 22.5 Å². The number of benzene rings is 2. The first-order valence-corrected chi connectivity index (χ1v) is 6.83. The Labute approximate surface area is 127 Å². The maximum Gasteiger partial charge on any atom is 0.180 e. The number of anilines is 1. The molecule has 0 fully saturated rings. The molecule has 0 saturated heterocycles. The van der Waals surface area contributed by atoms with Gasteiger partial charge in [0.2, 0.25) is 0 Å². The van der Waals surface area contributed by atoms with Crippen molar-refractivity contribution < 1.29 is 13.3 Å². The van der Waals surface area contributed by atoms with Crippen LogP contribution in [0.4, 0.5) is 14.6 Å². The Bertz CT molecular complexity index is 817. The Morgan fingerprint density at radius 3 is 2.48 bits per heavy atom. The molecule has 21 heavy (non-hydrogen) atoms. The Balaban J connectivity index is 2.28. The van der Waals surface area contributed by atoms with Gasteiger partial charge in [0.15, 0.2) is 11.6 Å². The first-order valence-electron chi connectivity index (χ1n) is 6.04. The van der Waals surface area contributed by atoms with Crippen molar-refractivity contribution >= 4 is 21.7 Å². The second-order valence-corrected chi connectivity index (χ2v) is 5.21. The average molecular weight is 351 g/mol. The van der Waals surface area contributed by atoms with Crippen LogP contribution in [0, 0.1) is 11.6 Å². The topological polar surface area (TPSA) is 52.0 Å². The molecule has 2 aromatic carbocycles. The van der Waals surface area contributed by atoms with E-state index in [2.05, 4.69) is 21.1 Å². The molecule has 3 rings (SSSR count). The summed E-state index contributed by atoms with van der Waals surface area (Å²) in [6.45, 7) is 0. The first-order chi connectivity index (χ1) is 10.1. The van der Waals surface area contributed by atoms with Crippen LogP contribution in [-0.4, -0.2) is 5.16 Å². The minimum atomic E-state index is -0.522. The van der Waals surface area contributed by atoms with E-state index in [0.29, 0.717) is 0 Å². The predicted octanol–water partition coefficient (Wildman–Crippen LogP) is 4.63. The van der Waals surface area contributed by atoms with Gasteiger partial charge in [0.25, 0.3) is 0 Å². The van der Waals surface area contributed by atoms with Crippen LogP contribution in [0.3, 0.4) is 0 Å². The molecule has 0 bridgehead atoms. The quantitative estimate of drug-likeness (QED) is 0.732. The summed E-state index contributed by atoms with van der Waals surface area (Å²) in [6.07, 6.45) is 0. The summed E-state index contributed by atoms with van der Waals surface area (Å²) in [6, 6.07) is 10.8. The summed E-state index contributed by atoms with van der Waals surface area (Å²) in [5, 5.41) is 3.64. The lowest BCUT2D eigenvalue weighted by atomic mass is 10.0. The molecule has 0 atom stereocenters. The normalized spacial score (nSPS) is 10.8. The number of nitrogens with two attached hydrogens (primary N) is 1. The van der Waals surface area contributed by atoms with Crippen LogP contribution in [0.15, 0.2) is 51.5 Å². The highest BCUT2D eigenvalue weighted by molar-refractivity contribution is 9.10. The fourth-order valence-corrected chi connectivity index (χ4v) is 2.46. The number of halogens is 3. The fourth-order valence-electron chi connectivity index (χ4n) is 2.09. The highest BCUT2D eigenvalue weighted by Crippen LogP contribution is 2.39. The summed E-state index contributed by atoms with van der Waals surface area (Å²) in [5.74, 6) is -0.902. The van der Waals surface area contributed by atoms with Crippen LogP contribution < -0.4 is 5.73 Å². The molecular weight excluding hydrogens is 342 g/mol. The Morgan fingerprint density at radius 1 is 1.00 bits per heavy atom. The lowest BCUT2D eigenvalue weighted by Gasteiger charge is -2.05. The van der Waals surface area contributed by atoms with Crippen molar-refractivity contribution in [1.82, 2.24) is 5.16 Å². The van der Waals surface area contributed by atoms with Crippen molar-refractivity contribution in [3.05, 3.63) is 58.6 Å². The summed E-state index contributed by atoms with van der Waals surface area (Å²) in [4.78, 5) is 0. The van der Waals surface area contributed by atoms with E-state index in [0.717, 1.165) is 0 Å². The van der Waals surface area contributed by atoms with Gasteiger partial charge in [-0.3, -0.25) is 0 Å². The summed E-state index contributed by atoms with van der Waals surface area (Å²) >= 11 is 3.10. The van der Waals surface area contributed by atoms with Gasteiger partial charge in [-0.1, -0.05) is 29.4 Å². The maximum atomic E-state index is 14.2. The molecule has 3 aromatic rings. The van der Waals surface area contributed by atoms with Gasteiger partial charge in [0.05, 0.1) is 15.6 Å². The third-order valence-electron chi connectivity index (χ3n) is 3.06. The van der Waals surface area contributed by atoms with Gasteiger partial charge >= 0.3 is 0 Å². The SMILES string of the molecule is Nc1noc(-c2cccc(Br)c2F)c1-c1ccccc1F. The van der Waals surface area contributed by atoms with Gasteiger partial charge in [-0.15, -0.1) is 0 Å². The predicted molar refractivity (Wildman–Crippen MR) is 79.4 cm³/mol. The molecule has 0 aliphatic carbocycles. The van der Waals surface area contributed by atoms with E-state index in [9.17, 15) is 8.78 Å². The van der Waals surface area contributed by atoms with E-state index in [1.54, 1.807) is 24.3 Å². The molecule has 0 spiro atoms. The summed E-state index contributed by atoms with van der Waals surface area (Å²) < 4.78 is 33.6. The Kier molecular flexibility index (Phi) is 3.47. The Morgan fingerprint density at radius 2 is 1.71 bits per heavy atom. The van der Waals surface area contributed by atoms with Crippen LogP contribution >= 0.6 is 15.9 Å². The lowest BCUT2D eigenvalue weighted by Crippen LogP contribution is -1.92. The molecule has 1 aromatic heterocycles. The van der Waals surface area contributed by atoms with Crippen molar-refractivity contribution in [3.63, 3.8) is 0 Å². The molecule has 106 valence electrons. The van der Waals surface area contributed by atoms with Crippen LogP contribution in [0.25, 0.3) is 22.5 Å². The summed E-state index contributed by atoms with van der Waals surface area (Å²) in [5.41, 5.74) is 6.38. The number of nitrogen functional groups attached to an aromatic ring is 1. The van der Waals surface area contributed by atoms with Gasteiger partial charge in [-0.2, -0.15) is 0 Å². The van der Waals surface area contributed by atoms with Crippen molar-refractivity contribution in [1.29, 1.82) is 0 Å². The maximum absolute atomic E-state index is 14.2. The van der Waals surface area contributed by atoms with Gasteiger partial charge in [0, 0.05) is 5.56 Å². The van der Waals surface area contributed by atoms with E-state index in [4.69, 9.17) is 10.3 Å². The van der Waals surface area contributed by atoms with Crippen molar-refractivity contribution in [2.24, 2.45) is 0 Å². The molecule has 0 aliphatic rings. The van der Waals surface area contributed by atoms with Gasteiger partial charge in [0.1, 0.15) is 11.6 Å². The van der Waals surface area contributed by atoms with E-state index in [1.807, 2.05) is 0 Å². The van der Waals surface area contributed by atoms with Crippen molar-refractivity contribution in [2.45, 2.75) is 0 Å². The molecular formula is C15H9BrF2N2O. The van der Waals surface area contributed by atoms with E-state index < -0.39 is 11.6 Å². The van der Waals surface area contributed by atoms with E-state index >= 15 is 0 Å². The van der Waals surface area contributed by atoms with Crippen LogP contribution in [0.1, 0.15) is 0 Å². The molecule has 0 saturated carbocycles. The highest BCUT2D eigenvalue weighted by atomic mass is 79.9. The first kappa shape index (κ1) is 13.8. The minimum Gasteiger partial charge on any atom is -0.380 e. The number of rotatable bonds is 2. The Hall–Kier alpha value is -2.21. The zero-order valence-corrected chi connectivity index (χ0v) is 12.2. The van der Waals surface area contributed by atoms with Gasteiger partial charge in [-0.05, 0) is 34.1 Å². The second kappa shape index (κ2) is 5.29. The lowest BCUT2D eigenvalue weighted by molar-refractivity contribution is 0.433. The molecule has 2 N–H and O–H groups in total. The number of aromatic nitrogens is 1. The summed E-state index contributed by atoms with van der Waals surface area (Å²) in [7, 11) is 0. The van der Waals surface area contributed by atoms with Crippen LogP contribution in [0.5, 0.6) is 0 Å². The molecule has 0 aliphatic heterocycles. The zero-order chi connectivity index (χ0) is 15.0. The second-order valence-electron chi connectivity index (χ2n) is 4.35. The number of nitrogens with zero attached hydrogens (tertiary/aromatic N) is 1. The largest absolute Gasteiger partial charge is 0.380 e. The van der Waals surface area contributed by atoms with Crippen molar-refractivity contribution in [2.75, 3.05) is 5.73 Å². The standard InChI is InChI=1S/C15H9BrF2N2O/c16-10-6-3-5-9(13(10)18)14-12(15(19)20-21-14)8-4-1-2-7-11(8)17/h1-7H,(H2,19,20). The molecule has 3 nitrogen and oxygen atoms in total. The van der Waals surface area contributed by atoms with Gasteiger partial charge in [-0.25, -0.2) is 8.78 Å². The average Bonchev–Trinajstić information content (AvgIpc) is 2.84. The van der Waals surface area contributed by atoms with E-state index in [-0.39, 0.29) is 32.7 Å². The number of hydrogen-bond donors (Lipinski definition) is 1. The third kappa shape index (κ3) is 2.31. The zero-order valence-electron chi connectivity index (χ0n) is 10.6. The van der Waals surface area contributed by atoms with Gasteiger partial charge < -0.3 is 10.3 Å². The van der Waals surface area contributed by atoms with Crippen LogP contribution in [-0.2, 0) is 0 Å². The highest BCUT2D eigenvalue weighted by Gasteiger charge is 2.23. The molecule has 6 heteroatoms. The number of hydrogen-bond acceptors (Lipinski definition) is 3.